The van der Waals surface area contributed by atoms with Gasteiger partial charge in [0.05, 0.1) is 11.1 Å². The van der Waals surface area contributed by atoms with Gasteiger partial charge in [0.2, 0.25) is 0 Å². The molecule has 0 unspecified atom stereocenters. The fraction of sp³-hybridized carbons (Fsp3) is 0.500. The largest absolute Gasteiger partial charge is 0.416 e. The summed E-state index contributed by atoms with van der Waals surface area (Å²) in [5, 5.41) is 2.57. The third-order valence-electron chi connectivity index (χ3n) is 3.65. The molecule has 1 amide bonds. The number of hydrogen-bond donors (Lipinski definition) is 2. The Morgan fingerprint density at radius 1 is 1.19 bits per heavy atom. The Bertz CT molecular complexity index is 522. The molecule has 0 saturated heterocycles. The molecule has 21 heavy (non-hydrogen) atoms. The summed E-state index contributed by atoms with van der Waals surface area (Å²) < 4.78 is 51.4. The number of benzene rings is 1. The monoisotopic (exact) mass is 304 g/mol. The Labute approximate surface area is 119 Å². The number of carbonyl (C=O) groups excluding carboxylic acids is 1. The molecule has 0 aromatic heterocycles. The van der Waals surface area contributed by atoms with Gasteiger partial charge in [-0.05, 0) is 43.9 Å². The smallest absolute Gasteiger partial charge is 0.349 e. The first kappa shape index (κ1) is 15.8. The fourth-order valence-electron chi connectivity index (χ4n) is 2.40. The second-order valence-corrected chi connectivity index (χ2v) is 5.28. The first-order valence-corrected chi connectivity index (χ1v) is 6.70. The van der Waals surface area contributed by atoms with Crippen molar-refractivity contribution >= 4 is 5.91 Å². The van der Waals surface area contributed by atoms with Crippen LogP contribution in [0.2, 0.25) is 0 Å². The summed E-state index contributed by atoms with van der Waals surface area (Å²) in [7, 11) is 0. The average Bonchev–Trinajstić information content (AvgIpc) is 2.40. The molecule has 0 spiro atoms. The summed E-state index contributed by atoms with van der Waals surface area (Å²) in [5.41, 5.74) is 4.11. The normalized spacial score (nSPS) is 22.9. The average molecular weight is 304 g/mol. The molecular weight excluding hydrogens is 288 g/mol. The SMILES string of the molecule is NC1CCC(NC(=O)c2cc(C(F)(F)F)ccc2F)CC1. The van der Waals surface area contributed by atoms with Gasteiger partial charge in [0.25, 0.3) is 5.91 Å². The highest BCUT2D eigenvalue weighted by Crippen LogP contribution is 2.30. The fourth-order valence-corrected chi connectivity index (χ4v) is 2.40. The van der Waals surface area contributed by atoms with Crippen LogP contribution in [0.5, 0.6) is 0 Å². The lowest BCUT2D eigenvalue weighted by Crippen LogP contribution is -2.40. The first-order chi connectivity index (χ1) is 9.77. The summed E-state index contributed by atoms with van der Waals surface area (Å²) >= 11 is 0. The van der Waals surface area contributed by atoms with Gasteiger partial charge >= 0.3 is 6.18 Å². The molecule has 2 rings (SSSR count). The highest BCUT2D eigenvalue weighted by Gasteiger charge is 2.32. The summed E-state index contributed by atoms with van der Waals surface area (Å²) in [6, 6.07) is 1.73. The van der Waals surface area contributed by atoms with E-state index >= 15 is 0 Å². The van der Waals surface area contributed by atoms with Crippen LogP contribution < -0.4 is 11.1 Å². The van der Waals surface area contributed by atoms with Gasteiger partial charge in [-0.2, -0.15) is 13.2 Å². The van der Waals surface area contributed by atoms with Crippen LogP contribution in [0, 0.1) is 5.82 Å². The molecule has 0 heterocycles. The molecule has 0 bridgehead atoms. The Morgan fingerprint density at radius 3 is 2.38 bits per heavy atom. The number of amides is 1. The van der Waals surface area contributed by atoms with Crippen molar-refractivity contribution in [3.8, 4) is 0 Å². The highest BCUT2D eigenvalue weighted by molar-refractivity contribution is 5.94. The van der Waals surface area contributed by atoms with Crippen molar-refractivity contribution in [3.63, 3.8) is 0 Å². The molecular formula is C14H16F4N2O. The van der Waals surface area contributed by atoms with Gasteiger partial charge in [0.1, 0.15) is 5.82 Å². The zero-order valence-electron chi connectivity index (χ0n) is 11.2. The van der Waals surface area contributed by atoms with Crippen molar-refractivity contribution in [1.82, 2.24) is 5.32 Å². The van der Waals surface area contributed by atoms with Crippen LogP contribution in [0.25, 0.3) is 0 Å². The van der Waals surface area contributed by atoms with Crippen LogP contribution in [0.4, 0.5) is 17.6 Å². The van der Waals surface area contributed by atoms with E-state index < -0.39 is 29.0 Å². The van der Waals surface area contributed by atoms with E-state index in [1.165, 1.54) is 0 Å². The molecule has 116 valence electrons. The van der Waals surface area contributed by atoms with Gasteiger partial charge in [-0.15, -0.1) is 0 Å². The number of alkyl halides is 3. The molecule has 7 heteroatoms. The van der Waals surface area contributed by atoms with E-state index in [1.807, 2.05) is 0 Å². The minimum Gasteiger partial charge on any atom is -0.349 e. The van der Waals surface area contributed by atoms with Crippen LogP contribution in [0.15, 0.2) is 18.2 Å². The molecule has 1 aliphatic rings. The van der Waals surface area contributed by atoms with Crippen LogP contribution >= 0.6 is 0 Å². The van der Waals surface area contributed by atoms with Crippen molar-refractivity contribution in [1.29, 1.82) is 0 Å². The lowest BCUT2D eigenvalue weighted by molar-refractivity contribution is -0.137. The van der Waals surface area contributed by atoms with Gasteiger partial charge in [0.15, 0.2) is 0 Å². The van der Waals surface area contributed by atoms with E-state index in [2.05, 4.69) is 5.32 Å². The predicted molar refractivity (Wildman–Crippen MR) is 69.1 cm³/mol. The van der Waals surface area contributed by atoms with Crippen LogP contribution in [0.3, 0.4) is 0 Å². The Morgan fingerprint density at radius 2 is 1.81 bits per heavy atom. The quantitative estimate of drug-likeness (QED) is 0.826. The van der Waals surface area contributed by atoms with Gasteiger partial charge in [-0.3, -0.25) is 4.79 Å². The number of carbonyl (C=O) groups is 1. The summed E-state index contributed by atoms with van der Waals surface area (Å²) in [4.78, 5) is 11.9. The summed E-state index contributed by atoms with van der Waals surface area (Å²) in [5.74, 6) is -1.79. The lowest BCUT2D eigenvalue weighted by Gasteiger charge is -2.26. The zero-order chi connectivity index (χ0) is 15.6. The summed E-state index contributed by atoms with van der Waals surface area (Å²) in [6.45, 7) is 0. The van der Waals surface area contributed by atoms with Gasteiger partial charge in [0, 0.05) is 12.1 Å². The summed E-state index contributed by atoms with van der Waals surface area (Å²) in [6.07, 6.45) is -1.85. The van der Waals surface area contributed by atoms with E-state index in [1.54, 1.807) is 0 Å². The number of nitrogens with one attached hydrogen (secondary N) is 1. The number of halogens is 4. The Hall–Kier alpha value is -1.63. The van der Waals surface area contributed by atoms with Crippen molar-refractivity contribution in [3.05, 3.63) is 35.1 Å². The predicted octanol–water partition coefficient (Wildman–Crippen LogP) is 2.84. The molecule has 0 aliphatic heterocycles. The highest BCUT2D eigenvalue weighted by atomic mass is 19.4. The molecule has 1 aromatic carbocycles. The standard InChI is InChI=1S/C14H16F4N2O/c15-12-6-1-8(14(16,17)18)7-11(12)13(21)20-10-4-2-9(19)3-5-10/h1,6-7,9-10H,2-5,19H2,(H,20,21). The molecule has 1 aromatic rings. The maximum absolute atomic E-state index is 13.6. The van der Waals surface area contributed by atoms with E-state index in [9.17, 15) is 22.4 Å². The van der Waals surface area contributed by atoms with Gasteiger partial charge < -0.3 is 11.1 Å². The van der Waals surface area contributed by atoms with E-state index in [4.69, 9.17) is 5.73 Å². The minimum absolute atomic E-state index is 0.0865. The number of hydrogen-bond acceptors (Lipinski definition) is 2. The van der Waals surface area contributed by atoms with E-state index in [0.29, 0.717) is 31.0 Å². The minimum atomic E-state index is -4.61. The van der Waals surface area contributed by atoms with Crippen molar-refractivity contribution in [2.75, 3.05) is 0 Å². The van der Waals surface area contributed by atoms with Gasteiger partial charge in [-0.1, -0.05) is 0 Å². The molecule has 3 nitrogen and oxygen atoms in total. The first-order valence-electron chi connectivity index (χ1n) is 6.70. The topological polar surface area (TPSA) is 55.1 Å². The van der Waals surface area contributed by atoms with Gasteiger partial charge in [-0.25, -0.2) is 4.39 Å². The maximum atomic E-state index is 13.6. The molecule has 1 fully saturated rings. The molecule has 0 atom stereocenters. The maximum Gasteiger partial charge on any atom is 0.416 e. The second-order valence-electron chi connectivity index (χ2n) is 5.28. The van der Waals surface area contributed by atoms with E-state index in [-0.39, 0.29) is 12.1 Å². The zero-order valence-corrected chi connectivity index (χ0v) is 11.2. The number of nitrogens with two attached hydrogens (primary N) is 1. The Balaban J connectivity index is 2.11. The van der Waals surface area contributed by atoms with Crippen molar-refractivity contribution in [2.45, 2.75) is 43.9 Å². The van der Waals surface area contributed by atoms with Crippen LogP contribution in [-0.4, -0.2) is 18.0 Å². The molecule has 0 radical (unpaired) electrons. The molecule has 1 saturated carbocycles. The van der Waals surface area contributed by atoms with Crippen LogP contribution in [0.1, 0.15) is 41.6 Å². The van der Waals surface area contributed by atoms with Crippen molar-refractivity contribution < 1.29 is 22.4 Å². The Kier molecular flexibility index (Phi) is 4.51. The molecule has 1 aliphatic carbocycles. The van der Waals surface area contributed by atoms with E-state index in [0.717, 1.165) is 12.8 Å². The third kappa shape index (κ3) is 3.93. The second kappa shape index (κ2) is 6.01. The van der Waals surface area contributed by atoms with Crippen LogP contribution in [-0.2, 0) is 6.18 Å². The van der Waals surface area contributed by atoms with Crippen molar-refractivity contribution in [2.24, 2.45) is 5.73 Å². The lowest BCUT2D eigenvalue weighted by atomic mass is 9.91. The third-order valence-corrected chi connectivity index (χ3v) is 3.65. The number of rotatable bonds is 2. The molecule has 3 N–H and O–H groups in total.